The minimum Gasteiger partial charge on any atom is -0.197 e. The Morgan fingerprint density at radius 3 is 2.53 bits per heavy atom. The maximum Gasteiger partial charge on any atom is 0.126 e. The summed E-state index contributed by atoms with van der Waals surface area (Å²) in [4.78, 5) is 0. The van der Waals surface area contributed by atoms with Crippen LogP contribution in [0.3, 0.4) is 0 Å². The minimum absolute atomic E-state index is 0.493. The summed E-state index contributed by atoms with van der Waals surface area (Å²) in [5, 5.41) is 9.69. The maximum atomic E-state index is 9.07. The van der Waals surface area contributed by atoms with Gasteiger partial charge in [0.1, 0.15) is 4.32 Å². The first kappa shape index (κ1) is 12.7. The van der Waals surface area contributed by atoms with Crippen molar-refractivity contribution in [3.05, 3.63) is 34.9 Å². The van der Waals surface area contributed by atoms with Crippen LogP contribution < -0.4 is 0 Å². The second-order valence-corrected chi connectivity index (χ2v) is 5.90. The summed E-state index contributed by atoms with van der Waals surface area (Å²) in [5.74, 6) is 0. The van der Waals surface area contributed by atoms with E-state index in [-0.39, 0.29) is 0 Å². The van der Waals surface area contributed by atoms with Crippen LogP contribution in [0.25, 0.3) is 0 Å². The van der Waals surface area contributed by atoms with Gasteiger partial charge in [-0.1, -0.05) is 55.6 Å². The molecule has 15 heavy (non-hydrogen) atoms. The molecular formula is C12H13Br2N. The first-order valence-corrected chi connectivity index (χ1v) is 6.64. The van der Waals surface area contributed by atoms with Crippen molar-refractivity contribution in [3.63, 3.8) is 0 Å². The van der Waals surface area contributed by atoms with Crippen LogP contribution >= 0.6 is 31.9 Å². The molecule has 0 fully saturated rings. The van der Waals surface area contributed by atoms with E-state index >= 15 is 0 Å². The van der Waals surface area contributed by atoms with Crippen molar-refractivity contribution in [2.45, 2.75) is 24.6 Å². The molecule has 0 amide bonds. The van der Waals surface area contributed by atoms with Crippen LogP contribution in [0.5, 0.6) is 0 Å². The van der Waals surface area contributed by atoms with Gasteiger partial charge in [0.05, 0.1) is 6.07 Å². The Kier molecular flexibility index (Phi) is 4.36. The average Bonchev–Trinajstić information content (AvgIpc) is 2.22. The SMILES string of the molecule is Cc1ccc(CC(Br)(C#N)CBr)c(C)c1. The van der Waals surface area contributed by atoms with Gasteiger partial charge in [-0.3, -0.25) is 0 Å². The van der Waals surface area contributed by atoms with Gasteiger partial charge in [-0.15, -0.1) is 0 Å². The Labute approximate surface area is 108 Å². The largest absolute Gasteiger partial charge is 0.197 e. The van der Waals surface area contributed by atoms with Gasteiger partial charge in [0, 0.05) is 11.8 Å². The minimum atomic E-state index is -0.493. The molecular weight excluding hydrogens is 318 g/mol. The van der Waals surface area contributed by atoms with E-state index in [4.69, 9.17) is 5.26 Å². The average molecular weight is 331 g/mol. The molecule has 0 saturated carbocycles. The first-order valence-electron chi connectivity index (χ1n) is 4.73. The van der Waals surface area contributed by atoms with E-state index in [0.717, 1.165) is 6.42 Å². The smallest absolute Gasteiger partial charge is 0.126 e. The summed E-state index contributed by atoms with van der Waals surface area (Å²) >= 11 is 6.82. The fraction of sp³-hybridized carbons (Fsp3) is 0.417. The second kappa shape index (κ2) is 5.14. The van der Waals surface area contributed by atoms with Gasteiger partial charge < -0.3 is 0 Å². The molecule has 1 aromatic carbocycles. The number of aryl methyl sites for hydroxylation is 2. The van der Waals surface area contributed by atoms with Crippen LogP contribution in [-0.4, -0.2) is 9.65 Å². The molecule has 3 heteroatoms. The Morgan fingerprint density at radius 2 is 2.07 bits per heavy atom. The molecule has 0 heterocycles. The molecule has 0 spiro atoms. The number of alkyl halides is 2. The van der Waals surface area contributed by atoms with Crippen LogP contribution in [-0.2, 0) is 6.42 Å². The number of benzene rings is 1. The van der Waals surface area contributed by atoms with E-state index in [1.807, 2.05) is 0 Å². The highest BCUT2D eigenvalue weighted by atomic mass is 79.9. The van der Waals surface area contributed by atoms with E-state index in [1.165, 1.54) is 16.7 Å². The topological polar surface area (TPSA) is 23.8 Å². The molecule has 1 nitrogen and oxygen atoms in total. The zero-order valence-electron chi connectivity index (χ0n) is 8.85. The van der Waals surface area contributed by atoms with Gasteiger partial charge >= 0.3 is 0 Å². The fourth-order valence-corrected chi connectivity index (χ4v) is 2.09. The predicted octanol–water partition coefficient (Wildman–Crippen LogP) is 3.90. The third-order valence-corrected chi connectivity index (χ3v) is 4.83. The van der Waals surface area contributed by atoms with Crippen LogP contribution in [0, 0.1) is 25.2 Å². The third-order valence-electron chi connectivity index (χ3n) is 2.38. The maximum absolute atomic E-state index is 9.07. The van der Waals surface area contributed by atoms with Crippen molar-refractivity contribution >= 4 is 31.9 Å². The van der Waals surface area contributed by atoms with Gasteiger partial charge in [0.15, 0.2) is 0 Å². The summed E-state index contributed by atoms with van der Waals surface area (Å²) in [7, 11) is 0. The number of rotatable bonds is 3. The zero-order chi connectivity index (χ0) is 11.5. The number of hydrogen-bond acceptors (Lipinski definition) is 1. The lowest BCUT2D eigenvalue weighted by Gasteiger charge is -2.17. The summed E-state index contributed by atoms with van der Waals surface area (Å²) in [5.41, 5.74) is 3.72. The molecule has 0 radical (unpaired) electrons. The van der Waals surface area contributed by atoms with E-state index in [9.17, 15) is 0 Å². The van der Waals surface area contributed by atoms with Gasteiger partial charge in [-0.05, 0) is 25.0 Å². The highest BCUT2D eigenvalue weighted by Gasteiger charge is 2.25. The molecule has 0 N–H and O–H groups in total. The lowest BCUT2D eigenvalue weighted by atomic mass is 9.97. The van der Waals surface area contributed by atoms with Crippen LogP contribution in [0.4, 0.5) is 0 Å². The standard InChI is InChI=1S/C12H13Br2N/c1-9-3-4-11(10(2)5-9)6-12(14,7-13)8-15/h3-5H,6-7H2,1-2H3. The highest BCUT2D eigenvalue weighted by Crippen LogP contribution is 2.26. The fourth-order valence-electron chi connectivity index (χ4n) is 1.46. The van der Waals surface area contributed by atoms with E-state index in [2.05, 4.69) is 70.0 Å². The normalized spacial score (nSPS) is 14.3. The Morgan fingerprint density at radius 1 is 1.40 bits per heavy atom. The monoisotopic (exact) mass is 329 g/mol. The van der Waals surface area contributed by atoms with Crippen molar-refractivity contribution in [1.82, 2.24) is 0 Å². The summed E-state index contributed by atoms with van der Waals surface area (Å²) < 4.78 is -0.493. The van der Waals surface area contributed by atoms with Gasteiger partial charge in [0.25, 0.3) is 0 Å². The Hall–Kier alpha value is -0.330. The predicted molar refractivity (Wildman–Crippen MR) is 70.7 cm³/mol. The third kappa shape index (κ3) is 3.32. The van der Waals surface area contributed by atoms with Gasteiger partial charge in [-0.2, -0.15) is 5.26 Å². The molecule has 0 bridgehead atoms. The number of nitrogens with zero attached hydrogens (tertiary/aromatic N) is 1. The molecule has 1 rings (SSSR count). The number of nitriles is 1. The van der Waals surface area contributed by atoms with Gasteiger partial charge in [-0.25, -0.2) is 0 Å². The lowest BCUT2D eigenvalue weighted by Crippen LogP contribution is -2.23. The van der Waals surface area contributed by atoms with Crippen LogP contribution in [0.1, 0.15) is 16.7 Å². The molecule has 80 valence electrons. The second-order valence-electron chi connectivity index (χ2n) is 3.82. The van der Waals surface area contributed by atoms with Crippen LogP contribution in [0.15, 0.2) is 18.2 Å². The zero-order valence-corrected chi connectivity index (χ0v) is 12.0. The number of halogens is 2. The molecule has 1 aromatic rings. The van der Waals surface area contributed by atoms with Crippen molar-refractivity contribution < 1.29 is 0 Å². The summed E-state index contributed by atoms with van der Waals surface area (Å²) in [6.07, 6.45) is 0.723. The van der Waals surface area contributed by atoms with E-state index in [0.29, 0.717) is 5.33 Å². The first-order chi connectivity index (χ1) is 7.00. The molecule has 0 aliphatic carbocycles. The molecule has 1 unspecified atom stereocenters. The van der Waals surface area contributed by atoms with Crippen LogP contribution in [0.2, 0.25) is 0 Å². The summed E-state index contributed by atoms with van der Waals surface area (Å²) in [6, 6.07) is 8.62. The molecule has 1 atom stereocenters. The quantitative estimate of drug-likeness (QED) is 0.771. The highest BCUT2D eigenvalue weighted by molar-refractivity contribution is 9.12. The molecule has 0 aliphatic heterocycles. The van der Waals surface area contributed by atoms with E-state index < -0.39 is 4.32 Å². The molecule has 0 aromatic heterocycles. The van der Waals surface area contributed by atoms with Gasteiger partial charge in [0.2, 0.25) is 0 Å². The Balaban J connectivity index is 2.95. The van der Waals surface area contributed by atoms with Crippen molar-refractivity contribution in [2.24, 2.45) is 0 Å². The lowest BCUT2D eigenvalue weighted by molar-refractivity contribution is 0.824. The molecule has 0 aliphatic rings. The van der Waals surface area contributed by atoms with E-state index in [1.54, 1.807) is 0 Å². The van der Waals surface area contributed by atoms with Crippen molar-refractivity contribution in [2.75, 3.05) is 5.33 Å². The summed E-state index contributed by atoms with van der Waals surface area (Å²) in [6.45, 7) is 4.16. The Bertz CT molecular complexity index is 395. The van der Waals surface area contributed by atoms with Crippen molar-refractivity contribution in [3.8, 4) is 6.07 Å². The number of hydrogen-bond donors (Lipinski definition) is 0. The van der Waals surface area contributed by atoms with Crippen molar-refractivity contribution in [1.29, 1.82) is 5.26 Å². The molecule has 0 saturated heterocycles.